The minimum atomic E-state index is -0.367. The molecular weight excluding hydrogens is 278 g/mol. The maximum absolute atomic E-state index is 11.1. The van der Waals surface area contributed by atoms with Gasteiger partial charge in [0, 0.05) is 19.2 Å². The molecule has 1 heterocycles. The van der Waals surface area contributed by atoms with Crippen LogP contribution in [0.15, 0.2) is 18.2 Å². The van der Waals surface area contributed by atoms with Crippen LogP contribution in [0.25, 0.3) is 0 Å². The second-order valence-electron chi connectivity index (χ2n) is 5.49. The van der Waals surface area contributed by atoms with Gasteiger partial charge in [0.15, 0.2) is 0 Å². The molecule has 0 bridgehead atoms. The third-order valence-corrected chi connectivity index (χ3v) is 4.53. The van der Waals surface area contributed by atoms with E-state index in [1.54, 1.807) is 12.1 Å². The first-order valence-corrected chi connectivity index (χ1v) is 7.25. The van der Waals surface area contributed by atoms with Crippen molar-refractivity contribution < 1.29 is 4.92 Å². The summed E-state index contributed by atoms with van der Waals surface area (Å²) in [6.45, 7) is 5.19. The van der Waals surface area contributed by atoms with Crippen LogP contribution in [0.5, 0.6) is 0 Å². The summed E-state index contributed by atoms with van der Waals surface area (Å²) >= 11 is 6.14. The molecule has 2 rings (SSSR count). The first-order chi connectivity index (χ1) is 9.52. The summed E-state index contributed by atoms with van der Waals surface area (Å²) in [7, 11) is 0. The van der Waals surface area contributed by atoms with Gasteiger partial charge in [0.05, 0.1) is 15.5 Å². The highest BCUT2D eigenvalue weighted by Gasteiger charge is 2.27. The summed E-state index contributed by atoms with van der Waals surface area (Å²) in [6.07, 6.45) is 1.07. The number of nitro benzene ring substituents is 1. The molecule has 2 unspecified atom stereocenters. The Bertz CT molecular complexity index is 495. The van der Waals surface area contributed by atoms with Crippen LogP contribution in [0.4, 0.5) is 5.69 Å². The van der Waals surface area contributed by atoms with Crippen molar-refractivity contribution in [1.82, 2.24) is 4.90 Å². The fourth-order valence-corrected chi connectivity index (χ4v) is 3.00. The molecule has 20 heavy (non-hydrogen) atoms. The Morgan fingerprint density at radius 2 is 2.30 bits per heavy atom. The minimum Gasteiger partial charge on any atom is -0.330 e. The van der Waals surface area contributed by atoms with Crippen LogP contribution in [0.2, 0.25) is 5.02 Å². The highest BCUT2D eigenvalue weighted by Crippen LogP contribution is 2.30. The molecule has 1 saturated heterocycles. The molecule has 0 radical (unpaired) electrons. The molecule has 2 atom stereocenters. The molecule has 1 aromatic rings. The number of nitrogens with two attached hydrogens (primary N) is 1. The van der Waals surface area contributed by atoms with Crippen LogP contribution >= 0.6 is 11.6 Å². The van der Waals surface area contributed by atoms with Crippen molar-refractivity contribution in [1.29, 1.82) is 0 Å². The number of nitrogens with zero attached hydrogens (tertiary/aromatic N) is 2. The summed E-state index contributed by atoms with van der Waals surface area (Å²) in [6, 6.07) is 4.83. The van der Waals surface area contributed by atoms with E-state index in [2.05, 4.69) is 11.8 Å². The van der Waals surface area contributed by atoms with E-state index in [9.17, 15) is 10.1 Å². The fourth-order valence-electron chi connectivity index (χ4n) is 2.77. The van der Waals surface area contributed by atoms with Gasteiger partial charge < -0.3 is 5.73 Å². The van der Waals surface area contributed by atoms with E-state index in [0.29, 0.717) is 35.5 Å². The number of halogens is 1. The first-order valence-electron chi connectivity index (χ1n) is 6.87. The smallest absolute Gasteiger partial charge is 0.275 e. The summed E-state index contributed by atoms with van der Waals surface area (Å²) < 4.78 is 0. The lowest BCUT2D eigenvalue weighted by Gasteiger charge is -2.36. The molecule has 5 nitrogen and oxygen atoms in total. The molecule has 0 aromatic heterocycles. The van der Waals surface area contributed by atoms with Crippen molar-refractivity contribution >= 4 is 17.3 Å². The van der Waals surface area contributed by atoms with Gasteiger partial charge in [0.25, 0.3) is 5.69 Å². The lowest BCUT2D eigenvalue weighted by Crippen LogP contribution is -2.42. The number of hydrogen-bond donors (Lipinski definition) is 1. The van der Waals surface area contributed by atoms with Gasteiger partial charge >= 0.3 is 0 Å². The Balaban J connectivity index is 2.16. The molecule has 1 aliphatic rings. The SMILES string of the molecule is CC1CCN(Cc2c(Cl)cccc2[N+](=O)[O-])CC1CN. The molecule has 1 fully saturated rings. The average molecular weight is 298 g/mol. The van der Waals surface area contributed by atoms with E-state index >= 15 is 0 Å². The third-order valence-electron chi connectivity index (χ3n) is 4.17. The van der Waals surface area contributed by atoms with Crippen molar-refractivity contribution in [3.05, 3.63) is 38.9 Å². The second kappa shape index (κ2) is 6.52. The highest BCUT2D eigenvalue weighted by molar-refractivity contribution is 6.31. The van der Waals surface area contributed by atoms with Gasteiger partial charge in [-0.25, -0.2) is 0 Å². The van der Waals surface area contributed by atoms with E-state index in [0.717, 1.165) is 19.5 Å². The zero-order valence-electron chi connectivity index (χ0n) is 11.6. The lowest BCUT2D eigenvalue weighted by atomic mass is 9.87. The number of likely N-dealkylation sites (tertiary alicyclic amines) is 1. The van der Waals surface area contributed by atoms with E-state index in [1.165, 1.54) is 6.07 Å². The fraction of sp³-hybridized carbons (Fsp3) is 0.571. The van der Waals surface area contributed by atoms with Crippen LogP contribution in [-0.4, -0.2) is 29.5 Å². The molecular formula is C14H20ClN3O2. The highest BCUT2D eigenvalue weighted by atomic mass is 35.5. The Morgan fingerprint density at radius 1 is 1.55 bits per heavy atom. The Morgan fingerprint density at radius 3 is 2.95 bits per heavy atom. The van der Waals surface area contributed by atoms with Crippen LogP contribution in [0.1, 0.15) is 18.9 Å². The normalized spacial score (nSPS) is 23.8. The summed E-state index contributed by atoms with van der Waals surface area (Å²) in [5.74, 6) is 1.06. The summed E-state index contributed by atoms with van der Waals surface area (Å²) in [5.41, 5.74) is 6.50. The Labute approximate surface area is 123 Å². The largest absolute Gasteiger partial charge is 0.330 e. The van der Waals surface area contributed by atoms with Gasteiger partial charge in [-0.3, -0.25) is 15.0 Å². The summed E-state index contributed by atoms with van der Waals surface area (Å²) in [5, 5.41) is 11.6. The molecule has 0 amide bonds. The molecule has 6 heteroatoms. The molecule has 0 aliphatic carbocycles. The number of hydrogen-bond acceptors (Lipinski definition) is 4. The van der Waals surface area contributed by atoms with Crippen molar-refractivity contribution in [2.24, 2.45) is 17.6 Å². The molecule has 0 saturated carbocycles. The van der Waals surface area contributed by atoms with Crippen LogP contribution in [0.3, 0.4) is 0 Å². The molecule has 110 valence electrons. The predicted molar refractivity (Wildman–Crippen MR) is 79.7 cm³/mol. The van der Waals surface area contributed by atoms with Crippen molar-refractivity contribution in [3.8, 4) is 0 Å². The molecule has 2 N–H and O–H groups in total. The molecule has 1 aliphatic heterocycles. The van der Waals surface area contributed by atoms with Crippen LogP contribution in [0, 0.1) is 22.0 Å². The van der Waals surface area contributed by atoms with Gasteiger partial charge in [-0.05, 0) is 37.4 Å². The first kappa shape index (κ1) is 15.2. The topological polar surface area (TPSA) is 72.4 Å². The second-order valence-corrected chi connectivity index (χ2v) is 5.90. The Kier molecular flexibility index (Phi) is 4.96. The Hall–Kier alpha value is -1.17. The van der Waals surface area contributed by atoms with Crippen molar-refractivity contribution in [2.45, 2.75) is 19.9 Å². The van der Waals surface area contributed by atoms with E-state index in [4.69, 9.17) is 17.3 Å². The quantitative estimate of drug-likeness (QED) is 0.685. The minimum absolute atomic E-state index is 0.0976. The summed E-state index contributed by atoms with van der Waals surface area (Å²) in [4.78, 5) is 12.9. The maximum atomic E-state index is 11.1. The van der Waals surface area contributed by atoms with Gasteiger partial charge in [-0.2, -0.15) is 0 Å². The zero-order chi connectivity index (χ0) is 14.7. The number of benzene rings is 1. The zero-order valence-corrected chi connectivity index (χ0v) is 12.3. The third kappa shape index (κ3) is 3.29. The van der Waals surface area contributed by atoms with Crippen molar-refractivity contribution in [3.63, 3.8) is 0 Å². The van der Waals surface area contributed by atoms with Crippen LogP contribution in [-0.2, 0) is 6.54 Å². The van der Waals surface area contributed by atoms with Gasteiger partial charge in [0.2, 0.25) is 0 Å². The average Bonchev–Trinajstić information content (AvgIpc) is 2.42. The maximum Gasteiger partial charge on any atom is 0.275 e. The number of nitro groups is 1. The van der Waals surface area contributed by atoms with Gasteiger partial charge in [-0.15, -0.1) is 0 Å². The monoisotopic (exact) mass is 297 g/mol. The molecule has 0 spiro atoms. The predicted octanol–water partition coefficient (Wildman–Crippen LogP) is 2.66. The standard InChI is InChI=1S/C14H20ClN3O2/c1-10-5-6-17(8-11(10)7-16)9-12-13(15)3-2-4-14(12)18(19)20/h2-4,10-11H,5-9,16H2,1H3. The van der Waals surface area contributed by atoms with E-state index in [1.807, 2.05) is 0 Å². The molecule has 1 aromatic carbocycles. The van der Waals surface area contributed by atoms with Gasteiger partial charge in [-0.1, -0.05) is 24.6 Å². The number of rotatable bonds is 4. The van der Waals surface area contributed by atoms with E-state index in [-0.39, 0.29) is 10.6 Å². The van der Waals surface area contributed by atoms with Crippen molar-refractivity contribution in [2.75, 3.05) is 19.6 Å². The lowest BCUT2D eigenvalue weighted by molar-refractivity contribution is -0.385. The number of piperidine rings is 1. The van der Waals surface area contributed by atoms with Gasteiger partial charge in [0.1, 0.15) is 0 Å². The van der Waals surface area contributed by atoms with Crippen LogP contribution < -0.4 is 5.73 Å². The van der Waals surface area contributed by atoms with E-state index < -0.39 is 0 Å².